The molecule has 0 bridgehead atoms. The SMILES string of the molecule is Nc1cnc(Cl)cc1Nc1cccc(F)c1. The Morgan fingerprint density at radius 2 is 2.12 bits per heavy atom. The Labute approximate surface area is 97.1 Å². The van der Waals surface area contributed by atoms with Crippen molar-refractivity contribution in [3.63, 3.8) is 0 Å². The minimum Gasteiger partial charge on any atom is -0.396 e. The molecule has 0 saturated heterocycles. The predicted octanol–water partition coefficient (Wildman–Crippen LogP) is 3.20. The Hall–Kier alpha value is -1.81. The number of halogens is 2. The molecule has 16 heavy (non-hydrogen) atoms. The summed E-state index contributed by atoms with van der Waals surface area (Å²) in [5, 5.41) is 3.29. The highest BCUT2D eigenvalue weighted by Crippen LogP contribution is 2.24. The number of nitrogens with one attached hydrogen (secondary N) is 1. The normalized spacial score (nSPS) is 10.1. The van der Waals surface area contributed by atoms with E-state index in [0.717, 1.165) is 0 Å². The fourth-order valence-corrected chi connectivity index (χ4v) is 1.43. The molecular formula is C11H9ClFN3. The molecule has 0 saturated carbocycles. The van der Waals surface area contributed by atoms with E-state index in [0.29, 0.717) is 22.2 Å². The summed E-state index contributed by atoms with van der Waals surface area (Å²) >= 11 is 5.73. The van der Waals surface area contributed by atoms with Gasteiger partial charge >= 0.3 is 0 Å². The second-order valence-electron chi connectivity index (χ2n) is 3.23. The lowest BCUT2D eigenvalue weighted by Gasteiger charge is -2.09. The van der Waals surface area contributed by atoms with Gasteiger partial charge in [0, 0.05) is 11.8 Å². The lowest BCUT2D eigenvalue weighted by Crippen LogP contribution is -1.97. The Balaban J connectivity index is 2.30. The molecule has 0 fully saturated rings. The van der Waals surface area contributed by atoms with E-state index < -0.39 is 0 Å². The molecule has 0 spiro atoms. The van der Waals surface area contributed by atoms with Crippen LogP contribution < -0.4 is 11.1 Å². The number of hydrogen-bond donors (Lipinski definition) is 2. The highest BCUT2D eigenvalue weighted by molar-refractivity contribution is 6.29. The zero-order chi connectivity index (χ0) is 11.5. The van der Waals surface area contributed by atoms with Gasteiger partial charge in [0.15, 0.2) is 0 Å². The number of aromatic nitrogens is 1. The number of pyridine rings is 1. The summed E-state index contributed by atoms with van der Waals surface area (Å²) in [7, 11) is 0. The van der Waals surface area contributed by atoms with Gasteiger partial charge in [0.25, 0.3) is 0 Å². The highest BCUT2D eigenvalue weighted by atomic mass is 35.5. The topological polar surface area (TPSA) is 50.9 Å². The number of anilines is 3. The average Bonchev–Trinajstić information content (AvgIpc) is 2.24. The quantitative estimate of drug-likeness (QED) is 0.789. The van der Waals surface area contributed by atoms with Gasteiger partial charge in [-0.3, -0.25) is 0 Å². The van der Waals surface area contributed by atoms with Gasteiger partial charge in [-0.05, 0) is 18.2 Å². The van der Waals surface area contributed by atoms with Crippen molar-refractivity contribution in [3.8, 4) is 0 Å². The van der Waals surface area contributed by atoms with Crippen LogP contribution in [0.1, 0.15) is 0 Å². The molecule has 2 aromatic rings. The first-order valence-electron chi connectivity index (χ1n) is 4.59. The van der Waals surface area contributed by atoms with Crippen LogP contribution in [-0.4, -0.2) is 4.98 Å². The molecule has 0 radical (unpaired) electrons. The maximum atomic E-state index is 12.9. The smallest absolute Gasteiger partial charge is 0.131 e. The third kappa shape index (κ3) is 2.41. The summed E-state index contributed by atoms with van der Waals surface area (Å²) in [6.07, 6.45) is 1.45. The van der Waals surface area contributed by atoms with Crippen LogP contribution in [0.3, 0.4) is 0 Å². The molecule has 0 atom stereocenters. The summed E-state index contributed by atoms with van der Waals surface area (Å²) in [5.74, 6) is -0.316. The van der Waals surface area contributed by atoms with Crippen LogP contribution in [0.25, 0.3) is 0 Å². The maximum absolute atomic E-state index is 12.9. The minimum atomic E-state index is -0.316. The average molecular weight is 238 g/mol. The van der Waals surface area contributed by atoms with Gasteiger partial charge in [0.2, 0.25) is 0 Å². The van der Waals surface area contributed by atoms with E-state index in [2.05, 4.69) is 10.3 Å². The fourth-order valence-electron chi connectivity index (χ4n) is 1.27. The molecule has 3 N–H and O–H groups in total. The van der Waals surface area contributed by atoms with E-state index in [1.165, 1.54) is 18.3 Å². The predicted molar refractivity (Wildman–Crippen MR) is 63.3 cm³/mol. The van der Waals surface area contributed by atoms with Crippen molar-refractivity contribution in [1.82, 2.24) is 4.98 Å². The first-order chi connectivity index (χ1) is 7.65. The third-order valence-electron chi connectivity index (χ3n) is 2.01. The molecule has 1 heterocycles. The maximum Gasteiger partial charge on any atom is 0.131 e. The number of rotatable bonds is 2. The van der Waals surface area contributed by atoms with E-state index in [1.54, 1.807) is 18.2 Å². The van der Waals surface area contributed by atoms with Crippen LogP contribution in [0, 0.1) is 5.82 Å². The van der Waals surface area contributed by atoms with E-state index in [-0.39, 0.29) is 5.82 Å². The highest BCUT2D eigenvalue weighted by Gasteiger charge is 2.02. The van der Waals surface area contributed by atoms with Gasteiger partial charge in [0.1, 0.15) is 11.0 Å². The number of nitrogens with two attached hydrogens (primary N) is 1. The van der Waals surface area contributed by atoms with Crippen molar-refractivity contribution < 1.29 is 4.39 Å². The first-order valence-corrected chi connectivity index (χ1v) is 4.96. The van der Waals surface area contributed by atoms with E-state index in [1.807, 2.05) is 0 Å². The number of nitrogens with zero attached hydrogens (tertiary/aromatic N) is 1. The molecule has 5 heteroatoms. The molecule has 0 amide bonds. The molecule has 0 aliphatic heterocycles. The van der Waals surface area contributed by atoms with Crippen LogP contribution in [0.15, 0.2) is 36.5 Å². The van der Waals surface area contributed by atoms with E-state index >= 15 is 0 Å². The summed E-state index contributed by atoms with van der Waals surface area (Å²) in [4.78, 5) is 3.82. The van der Waals surface area contributed by atoms with Crippen LogP contribution in [0.4, 0.5) is 21.5 Å². The lowest BCUT2D eigenvalue weighted by molar-refractivity contribution is 0.628. The van der Waals surface area contributed by atoms with Gasteiger partial charge in [-0.25, -0.2) is 9.37 Å². The largest absolute Gasteiger partial charge is 0.396 e. The number of hydrogen-bond acceptors (Lipinski definition) is 3. The molecule has 3 nitrogen and oxygen atoms in total. The molecule has 1 aromatic heterocycles. The van der Waals surface area contributed by atoms with E-state index in [9.17, 15) is 4.39 Å². The van der Waals surface area contributed by atoms with Crippen molar-refractivity contribution in [2.75, 3.05) is 11.1 Å². The zero-order valence-corrected chi connectivity index (χ0v) is 9.00. The molecule has 0 unspecified atom stereocenters. The standard InChI is InChI=1S/C11H9ClFN3/c12-11-5-10(9(14)6-15-11)16-8-3-1-2-7(13)4-8/h1-6H,14H2,(H,15,16). The first kappa shape index (κ1) is 10.7. The summed E-state index contributed by atoms with van der Waals surface area (Å²) < 4.78 is 12.9. The Kier molecular flexibility index (Phi) is 2.92. The van der Waals surface area contributed by atoms with Gasteiger partial charge < -0.3 is 11.1 Å². The van der Waals surface area contributed by atoms with Crippen molar-refractivity contribution in [1.29, 1.82) is 0 Å². The number of nitrogen functional groups attached to an aromatic ring is 1. The molecule has 82 valence electrons. The van der Waals surface area contributed by atoms with Crippen molar-refractivity contribution in [2.24, 2.45) is 0 Å². The zero-order valence-electron chi connectivity index (χ0n) is 8.24. The monoisotopic (exact) mass is 237 g/mol. The van der Waals surface area contributed by atoms with Gasteiger partial charge in [-0.2, -0.15) is 0 Å². The lowest BCUT2D eigenvalue weighted by atomic mass is 10.3. The minimum absolute atomic E-state index is 0.316. The summed E-state index contributed by atoms with van der Waals surface area (Å²) in [6, 6.07) is 7.66. The molecule has 0 aliphatic carbocycles. The Morgan fingerprint density at radius 1 is 1.31 bits per heavy atom. The Bertz CT molecular complexity index is 516. The van der Waals surface area contributed by atoms with Gasteiger partial charge in [-0.1, -0.05) is 17.7 Å². The molecule has 2 rings (SSSR count). The second kappa shape index (κ2) is 4.37. The van der Waals surface area contributed by atoms with E-state index in [4.69, 9.17) is 17.3 Å². The summed E-state index contributed by atoms with van der Waals surface area (Å²) in [5.41, 5.74) is 7.36. The van der Waals surface area contributed by atoms with Crippen molar-refractivity contribution in [2.45, 2.75) is 0 Å². The van der Waals surface area contributed by atoms with Crippen LogP contribution in [0.5, 0.6) is 0 Å². The van der Waals surface area contributed by atoms with Crippen molar-refractivity contribution >= 4 is 28.7 Å². The van der Waals surface area contributed by atoms with Crippen molar-refractivity contribution in [3.05, 3.63) is 47.5 Å². The third-order valence-corrected chi connectivity index (χ3v) is 2.21. The summed E-state index contributed by atoms with van der Waals surface area (Å²) in [6.45, 7) is 0. The second-order valence-corrected chi connectivity index (χ2v) is 3.62. The van der Waals surface area contributed by atoms with Gasteiger partial charge in [0.05, 0.1) is 17.6 Å². The van der Waals surface area contributed by atoms with Gasteiger partial charge in [-0.15, -0.1) is 0 Å². The fraction of sp³-hybridized carbons (Fsp3) is 0. The van der Waals surface area contributed by atoms with Crippen LogP contribution in [-0.2, 0) is 0 Å². The molecule has 0 aliphatic rings. The number of benzene rings is 1. The molecule has 1 aromatic carbocycles. The van der Waals surface area contributed by atoms with Crippen LogP contribution in [0.2, 0.25) is 5.15 Å². The van der Waals surface area contributed by atoms with Crippen LogP contribution >= 0.6 is 11.6 Å². The molecular weight excluding hydrogens is 229 g/mol. The Morgan fingerprint density at radius 3 is 2.88 bits per heavy atom.